The van der Waals surface area contributed by atoms with E-state index in [4.69, 9.17) is 16.3 Å². The molecule has 0 fully saturated rings. The number of nitrogens with one attached hydrogen (secondary N) is 1. The van der Waals surface area contributed by atoms with Gasteiger partial charge in [-0.15, -0.1) is 11.3 Å². The molecular formula is C19H18ClN3O3S. The summed E-state index contributed by atoms with van der Waals surface area (Å²) >= 11 is 7.22. The van der Waals surface area contributed by atoms with Crippen LogP contribution in [0.2, 0.25) is 5.15 Å². The number of aromatic nitrogens is 1. The van der Waals surface area contributed by atoms with Crippen LogP contribution in [0.1, 0.15) is 52.5 Å². The van der Waals surface area contributed by atoms with Crippen LogP contribution in [0.5, 0.6) is 0 Å². The average Bonchev–Trinajstić information content (AvgIpc) is 3.02. The molecule has 0 aromatic carbocycles. The first-order valence-corrected chi connectivity index (χ1v) is 9.91. The lowest BCUT2D eigenvalue weighted by molar-refractivity contribution is -0.124. The summed E-state index contributed by atoms with van der Waals surface area (Å²) in [6.45, 7) is 1.75. The van der Waals surface area contributed by atoms with Crippen molar-refractivity contribution >= 4 is 39.8 Å². The Morgan fingerprint density at radius 3 is 2.93 bits per heavy atom. The first-order chi connectivity index (χ1) is 13.0. The Labute approximate surface area is 166 Å². The minimum atomic E-state index is -0.963. The third-order valence-electron chi connectivity index (χ3n) is 4.39. The molecule has 0 aliphatic heterocycles. The molecule has 1 unspecified atom stereocenters. The van der Waals surface area contributed by atoms with Crippen LogP contribution in [0.25, 0.3) is 0 Å². The van der Waals surface area contributed by atoms with Crippen LogP contribution in [-0.4, -0.2) is 23.0 Å². The number of aryl methyl sites for hydroxylation is 1. The van der Waals surface area contributed by atoms with Crippen LogP contribution < -0.4 is 5.32 Å². The number of carbonyl (C=O) groups excluding carboxylic acids is 2. The van der Waals surface area contributed by atoms with Gasteiger partial charge in [0.05, 0.1) is 11.1 Å². The SMILES string of the molecule is CCC(OC(=O)c1ccnc(Cl)c1)C(=O)Nc1sc2c(c1C#N)CCCC2. The zero-order valence-electron chi connectivity index (χ0n) is 14.8. The summed E-state index contributed by atoms with van der Waals surface area (Å²) in [5.41, 5.74) is 1.80. The Balaban J connectivity index is 1.73. The summed E-state index contributed by atoms with van der Waals surface area (Å²) in [7, 11) is 0. The molecule has 1 atom stereocenters. The molecule has 0 radical (unpaired) electrons. The quantitative estimate of drug-likeness (QED) is 0.598. The second-order valence-corrected chi connectivity index (χ2v) is 7.68. The number of hydrogen-bond donors (Lipinski definition) is 1. The van der Waals surface area contributed by atoms with E-state index in [2.05, 4.69) is 16.4 Å². The average molecular weight is 404 g/mol. The predicted octanol–water partition coefficient (Wildman–Crippen LogP) is 4.12. The second-order valence-electron chi connectivity index (χ2n) is 6.19. The number of esters is 1. The standard InChI is InChI=1S/C19H18ClN3O3S/c1-2-14(26-19(25)11-7-8-22-16(20)9-11)17(24)23-18-13(10-21)12-5-3-4-6-15(12)27-18/h7-9,14H,2-6H2,1H3,(H,23,24). The van der Waals surface area contributed by atoms with E-state index >= 15 is 0 Å². The molecule has 6 nitrogen and oxygen atoms in total. The van der Waals surface area contributed by atoms with Crippen LogP contribution in [-0.2, 0) is 22.4 Å². The molecule has 0 saturated heterocycles. The van der Waals surface area contributed by atoms with Crippen molar-refractivity contribution < 1.29 is 14.3 Å². The van der Waals surface area contributed by atoms with Crippen molar-refractivity contribution in [1.82, 2.24) is 4.98 Å². The van der Waals surface area contributed by atoms with Crippen molar-refractivity contribution in [2.45, 2.75) is 45.1 Å². The van der Waals surface area contributed by atoms with Gasteiger partial charge in [-0.1, -0.05) is 18.5 Å². The van der Waals surface area contributed by atoms with Crippen LogP contribution >= 0.6 is 22.9 Å². The molecule has 0 spiro atoms. The summed E-state index contributed by atoms with van der Waals surface area (Å²) in [6, 6.07) is 5.06. The molecule has 8 heteroatoms. The Morgan fingerprint density at radius 2 is 2.22 bits per heavy atom. The largest absolute Gasteiger partial charge is 0.449 e. The van der Waals surface area contributed by atoms with Crippen LogP contribution in [0.4, 0.5) is 5.00 Å². The maximum absolute atomic E-state index is 12.6. The second kappa shape index (κ2) is 8.51. The number of hydrogen-bond acceptors (Lipinski definition) is 6. The topological polar surface area (TPSA) is 92.1 Å². The van der Waals surface area contributed by atoms with E-state index in [9.17, 15) is 14.9 Å². The normalized spacial score (nSPS) is 14.0. The van der Waals surface area contributed by atoms with Crippen molar-refractivity contribution in [3.8, 4) is 6.07 Å². The number of pyridine rings is 1. The molecule has 1 aliphatic carbocycles. The van der Waals surface area contributed by atoms with Gasteiger partial charge in [0.2, 0.25) is 0 Å². The summed E-state index contributed by atoms with van der Waals surface area (Å²) in [5.74, 6) is -1.09. The maximum atomic E-state index is 12.6. The highest BCUT2D eigenvalue weighted by Crippen LogP contribution is 2.37. The monoisotopic (exact) mass is 403 g/mol. The number of fused-ring (bicyclic) bond motifs is 1. The summed E-state index contributed by atoms with van der Waals surface area (Å²) < 4.78 is 5.33. The third kappa shape index (κ3) is 4.29. The fraction of sp³-hybridized carbons (Fsp3) is 0.368. The van der Waals surface area contributed by atoms with Gasteiger partial charge in [-0.25, -0.2) is 9.78 Å². The van der Waals surface area contributed by atoms with E-state index < -0.39 is 18.0 Å². The van der Waals surface area contributed by atoms with Crippen LogP contribution in [0.3, 0.4) is 0 Å². The minimum Gasteiger partial charge on any atom is -0.449 e. The van der Waals surface area contributed by atoms with Crippen molar-refractivity contribution in [3.05, 3.63) is 45.1 Å². The molecule has 1 N–H and O–H groups in total. The number of ether oxygens (including phenoxy) is 1. The van der Waals surface area contributed by atoms with E-state index in [0.29, 0.717) is 17.0 Å². The number of carbonyl (C=O) groups is 2. The molecule has 2 aromatic heterocycles. The van der Waals surface area contributed by atoms with Gasteiger partial charge in [-0.2, -0.15) is 5.26 Å². The summed E-state index contributed by atoms with van der Waals surface area (Å²) in [6.07, 6.45) is 4.68. The molecule has 2 heterocycles. The van der Waals surface area contributed by atoms with Gasteiger partial charge in [-0.05, 0) is 49.8 Å². The number of anilines is 1. The number of nitrogens with zero attached hydrogens (tertiary/aromatic N) is 2. The number of halogens is 1. The van der Waals surface area contributed by atoms with Crippen LogP contribution in [0.15, 0.2) is 18.3 Å². The highest BCUT2D eigenvalue weighted by atomic mass is 35.5. The molecule has 2 aromatic rings. The first-order valence-electron chi connectivity index (χ1n) is 8.71. The zero-order chi connectivity index (χ0) is 19.4. The first kappa shape index (κ1) is 19.3. The van der Waals surface area contributed by atoms with Gasteiger partial charge >= 0.3 is 5.97 Å². The van der Waals surface area contributed by atoms with E-state index in [-0.39, 0.29) is 10.7 Å². The van der Waals surface area contributed by atoms with Crippen molar-refractivity contribution in [1.29, 1.82) is 5.26 Å². The van der Waals surface area contributed by atoms with Crippen molar-refractivity contribution in [3.63, 3.8) is 0 Å². The van der Waals surface area contributed by atoms with E-state index in [1.165, 1.54) is 29.7 Å². The molecule has 140 valence electrons. The number of thiophene rings is 1. The van der Waals surface area contributed by atoms with Crippen LogP contribution in [0, 0.1) is 11.3 Å². The lowest BCUT2D eigenvalue weighted by Crippen LogP contribution is -2.32. The molecule has 1 aliphatic rings. The van der Waals surface area contributed by atoms with Gasteiger partial charge in [-0.3, -0.25) is 4.79 Å². The van der Waals surface area contributed by atoms with Gasteiger partial charge in [0, 0.05) is 11.1 Å². The van der Waals surface area contributed by atoms with E-state index in [0.717, 1.165) is 36.1 Å². The van der Waals surface area contributed by atoms with Gasteiger partial charge in [0.15, 0.2) is 6.10 Å². The fourth-order valence-corrected chi connectivity index (χ4v) is 4.43. The fourth-order valence-electron chi connectivity index (χ4n) is 3.01. The zero-order valence-corrected chi connectivity index (χ0v) is 16.3. The van der Waals surface area contributed by atoms with Crippen molar-refractivity contribution in [2.75, 3.05) is 5.32 Å². The third-order valence-corrected chi connectivity index (χ3v) is 5.81. The Morgan fingerprint density at radius 1 is 1.44 bits per heavy atom. The molecule has 1 amide bonds. The van der Waals surface area contributed by atoms with Crippen molar-refractivity contribution in [2.24, 2.45) is 0 Å². The van der Waals surface area contributed by atoms with Gasteiger partial charge in [0.1, 0.15) is 16.2 Å². The predicted molar refractivity (Wildman–Crippen MR) is 103 cm³/mol. The number of rotatable bonds is 5. The number of amides is 1. The molecule has 0 saturated carbocycles. The molecular weight excluding hydrogens is 386 g/mol. The Hall–Kier alpha value is -2.43. The Bertz CT molecular complexity index is 919. The lowest BCUT2D eigenvalue weighted by Gasteiger charge is -2.15. The Kier molecular flexibility index (Phi) is 6.09. The molecule has 3 rings (SSSR count). The maximum Gasteiger partial charge on any atom is 0.339 e. The molecule has 0 bridgehead atoms. The summed E-state index contributed by atoms with van der Waals surface area (Å²) in [5, 5.41) is 13.0. The lowest BCUT2D eigenvalue weighted by atomic mass is 9.96. The highest BCUT2D eigenvalue weighted by Gasteiger charge is 2.26. The van der Waals surface area contributed by atoms with E-state index in [1.54, 1.807) is 6.92 Å². The highest BCUT2D eigenvalue weighted by molar-refractivity contribution is 7.16. The van der Waals surface area contributed by atoms with E-state index in [1.807, 2.05) is 0 Å². The smallest absolute Gasteiger partial charge is 0.339 e. The van der Waals surface area contributed by atoms with Gasteiger partial charge < -0.3 is 10.1 Å². The van der Waals surface area contributed by atoms with Gasteiger partial charge in [0.25, 0.3) is 5.91 Å². The molecule has 27 heavy (non-hydrogen) atoms. The number of nitriles is 1. The minimum absolute atomic E-state index is 0.171. The summed E-state index contributed by atoms with van der Waals surface area (Å²) in [4.78, 5) is 29.9.